The van der Waals surface area contributed by atoms with E-state index >= 15 is 0 Å². The molecule has 2 N–H and O–H groups in total. The first kappa shape index (κ1) is 15.7. The van der Waals surface area contributed by atoms with Crippen LogP contribution >= 0.6 is 11.9 Å². The van der Waals surface area contributed by atoms with Gasteiger partial charge in [0.25, 0.3) is 0 Å². The van der Waals surface area contributed by atoms with Gasteiger partial charge >= 0.3 is 0 Å². The summed E-state index contributed by atoms with van der Waals surface area (Å²) in [4.78, 5) is 4.39. The Labute approximate surface area is 140 Å². The monoisotopic (exact) mass is 326 g/mol. The number of aromatic nitrogens is 3. The van der Waals surface area contributed by atoms with Crippen LogP contribution in [0.1, 0.15) is 30.7 Å². The highest BCUT2D eigenvalue weighted by Gasteiger charge is 2.19. The van der Waals surface area contributed by atoms with Crippen LogP contribution in [0.3, 0.4) is 0 Å². The highest BCUT2D eigenvalue weighted by Crippen LogP contribution is 2.35. The molecule has 0 saturated carbocycles. The lowest BCUT2D eigenvalue weighted by Crippen LogP contribution is -2.16. The summed E-state index contributed by atoms with van der Waals surface area (Å²) in [6.45, 7) is 3.32. The van der Waals surface area contributed by atoms with Gasteiger partial charge in [0.2, 0.25) is 0 Å². The molecule has 6 heteroatoms. The third-order valence-corrected chi connectivity index (χ3v) is 4.11. The molecular weight excluding hydrogens is 308 g/mol. The van der Waals surface area contributed by atoms with E-state index in [1.807, 2.05) is 30.9 Å². The molecule has 1 aliphatic heterocycles. The average molecular weight is 326 g/mol. The van der Waals surface area contributed by atoms with Crippen LogP contribution in [0.25, 0.3) is 5.57 Å². The lowest BCUT2D eigenvalue weighted by molar-refractivity contribution is 0.143. The number of hydrogen-bond acceptors (Lipinski definition) is 5. The molecule has 5 nitrogen and oxygen atoms in total. The Morgan fingerprint density at radius 1 is 1.39 bits per heavy atom. The molecule has 0 radical (unpaired) electrons. The zero-order valence-electron chi connectivity index (χ0n) is 13.3. The van der Waals surface area contributed by atoms with E-state index in [4.69, 9.17) is 0 Å². The van der Waals surface area contributed by atoms with E-state index in [1.165, 1.54) is 5.57 Å². The summed E-state index contributed by atoms with van der Waals surface area (Å²) in [5, 5.41) is 16.6. The van der Waals surface area contributed by atoms with E-state index in [-0.39, 0.29) is 0 Å². The van der Waals surface area contributed by atoms with Crippen molar-refractivity contribution in [2.75, 3.05) is 10.6 Å². The summed E-state index contributed by atoms with van der Waals surface area (Å²) < 4.78 is 2.10. The molecule has 3 heterocycles. The fourth-order valence-electron chi connectivity index (χ4n) is 2.33. The van der Waals surface area contributed by atoms with Gasteiger partial charge in [-0.2, -0.15) is 5.10 Å². The highest BCUT2D eigenvalue weighted by molar-refractivity contribution is 8.00. The van der Waals surface area contributed by atoms with Crippen molar-refractivity contribution in [2.45, 2.75) is 25.9 Å². The van der Waals surface area contributed by atoms with Gasteiger partial charge < -0.3 is 5.11 Å². The first-order valence-corrected chi connectivity index (χ1v) is 8.42. The van der Waals surface area contributed by atoms with E-state index < -0.39 is 5.60 Å². The highest BCUT2D eigenvalue weighted by atomic mass is 32.2. The van der Waals surface area contributed by atoms with Crippen LogP contribution in [-0.4, -0.2) is 32.1 Å². The molecule has 118 valence electrons. The number of hydrogen-bond donors (Lipinski definition) is 2. The lowest BCUT2D eigenvalue weighted by Gasteiger charge is -2.26. The molecule has 1 aliphatic rings. The molecule has 0 aliphatic carbocycles. The minimum absolute atomic E-state index is 0.667. The van der Waals surface area contributed by atoms with Crippen molar-refractivity contribution in [1.29, 1.82) is 0 Å². The van der Waals surface area contributed by atoms with E-state index in [0.717, 1.165) is 23.2 Å². The van der Waals surface area contributed by atoms with E-state index in [1.54, 1.807) is 25.8 Å². The van der Waals surface area contributed by atoms with Crippen LogP contribution in [0.4, 0.5) is 5.69 Å². The smallest absolute Gasteiger partial charge is 0.120 e. The number of nitrogens with one attached hydrogen (secondary N) is 1. The molecular formula is C17H18N4OS. The summed E-state index contributed by atoms with van der Waals surface area (Å²) in [6.07, 6.45) is 10.5. The van der Waals surface area contributed by atoms with Crippen LogP contribution < -0.4 is 4.31 Å². The number of fused-ring (bicyclic) bond motifs is 1. The Balaban J connectivity index is 1.97. The molecule has 2 aromatic rings. The lowest BCUT2D eigenvalue weighted by atomic mass is 9.97. The van der Waals surface area contributed by atoms with Crippen molar-refractivity contribution in [2.24, 2.45) is 0 Å². The quantitative estimate of drug-likeness (QED) is 0.656. The van der Waals surface area contributed by atoms with Crippen molar-refractivity contribution in [3.05, 3.63) is 47.7 Å². The molecule has 0 atom stereocenters. The van der Waals surface area contributed by atoms with Gasteiger partial charge in [0.05, 0.1) is 18.1 Å². The molecule has 23 heavy (non-hydrogen) atoms. The zero-order valence-corrected chi connectivity index (χ0v) is 14.1. The first-order valence-electron chi connectivity index (χ1n) is 7.24. The Hall–Kier alpha value is -2.23. The summed E-state index contributed by atoms with van der Waals surface area (Å²) in [7, 11) is 0. The van der Waals surface area contributed by atoms with Gasteiger partial charge in [0.1, 0.15) is 11.3 Å². The van der Waals surface area contributed by atoms with Crippen LogP contribution in [0.15, 0.2) is 30.9 Å². The molecule has 3 rings (SSSR count). The fourth-order valence-corrected chi connectivity index (χ4v) is 2.93. The van der Waals surface area contributed by atoms with Crippen LogP contribution in [0.5, 0.6) is 0 Å². The molecule has 0 fully saturated rings. The Bertz CT molecular complexity index is 794. The largest absolute Gasteiger partial charge is 0.378 e. The maximum absolute atomic E-state index is 9.73. The van der Waals surface area contributed by atoms with E-state index in [9.17, 15) is 5.11 Å². The summed E-state index contributed by atoms with van der Waals surface area (Å²) in [5.74, 6) is 5.75. The van der Waals surface area contributed by atoms with E-state index in [0.29, 0.717) is 5.69 Å². The number of aliphatic hydroxyl groups is 1. The number of nitrogens with zero attached hydrogens (tertiary/aromatic N) is 3. The van der Waals surface area contributed by atoms with Gasteiger partial charge in [-0.15, -0.1) is 0 Å². The average Bonchev–Trinajstić information content (AvgIpc) is 3.05. The Morgan fingerprint density at radius 3 is 2.87 bits per heavy atom. The number of aromatic amines is 1. The third kappa shape index (κ3) is 3.58. The number of pyridine rings is 1. The van der Waals surface area contributed by atoms with Crippen molar-refractivity contribution in [3.8, 4) is 11.8 Å². The van der Waals surface area contributed by atoms with Gasteiger partial charge in [0.15, 0.2) is 0 Å². The van der Waals surface area contributed by atoms with Crippen LogP contribution in [0, 0.1) is 11.8 Å². The molecule has 2 aromatic heterocycles. The van der Waals surface area contributed by atoms with E-state index in [2.05, 4.69) is 37.5 Å². The minimum Gasteiger partial charge on any atom is -0.378 e. The topological polar surface area (TPSA) is 65.0 Å². The molecule has 0 amide bonds. The SMILES string of the molecule is CSN1C=C(c2cn[nH]c2)Cc2cc(C#CC(C)(C)O)ncc21. The second-order valence-electron chi connectivity index (χ2n) is 5.83. The third-order valence-electron chi connectivity index (χ3n) is 3.42. The molecule has 0 spiro atoms. The van der Waals surface area contributed by atoms with Gasteiger partial charge in [-0.3, -0.25) is 9.40 Å². The predicted molar refractivity (Wildman–Crippen MR) is 93.7 cm³/mol. The standard InChI is InChI=1S/C17H18N4OS/c1-17(2,22)5-4-15-7-12-6-13(14-8-19-20-9-14)11-21(23-3)16(12)10-18-15/h7-11,22H,6H2,1-3H3,(H,19,20). The maximum Gasteiger partial charge on any atom is 0.120 e. The maximum atomic E-state index is 9.73. The number of rotatable bonds is 2. The van der Waals surface area contributed by atoms with Crippen molar-refractivity contribution < 1.29 is 5.11 Å². The number of H-pyrrole nitrogens is 1. The molecule has 0 aromatic carbocycles. The van der Waals surface area contributed by atoms with Gasteiger partial charge in [-0.25, -0.2) is 4.98 Å². The minimum atomic E-state index is -1.02. The Kier molecular flexibility index (Phi) is 4.16. The van der Waals surface area contributed by atoms with Crippen molar-refractivity contribution in [1.82, 2.24) is 15.2 Å². The summed E-state index contributed by atoms with van der Waals surface area (Å²) >= 11 is 1.62. The fraction of sp³-hybridized carbons (Fsp3) is 0.294. The molecule has 0 unspecified atom stereocenters. The van der Waals surface area contributed by atoms with Gasteiger partial charge in [0, 0.05) is 30.6 Å². The summed E-state index contributed by atoms with van der Waals surface area (Å²) in [6, 6.07) is 1.99. The molecule has 0 saturated heterocycles. The predicted octanol–water partition coefficient (Wildman–Crippen LogP) is 2.61. The van der Waals surface area contributed by atoms with Crippen LogP contribution in [0.2, 0.25) is 0 Å². The number of anilines is 1. The first-order chi connectivity index (χ1) is 11.0. The number of allylic oxidation sites excluding steroid dienone is 1. The van der Waals surface area contributed by atoms with Crippen molar-refractivity contribution >= 4 is 23.2 Å². The van der Waals surface area contributed by atoms with Gasteiger partial charge in [-0.1, -0.05) is 5.92 Å². The zero-order chi connectivity index (χ0) is 16.4. The van der Waals surface area contributed by atoms with Crippen molar-refractivity contribution in [3.63, 3.8) is 0 Å². The summed E-state index contributed by atoms with van der Waals surface area (Å²) in [5.41, 5.74) is 4.14. The molecule has 0 bridgehead atoms. The van der Waals surface area contributed by atoms with Gasteiger partial charge in [-0.05, 0) is 48.9 Å². The normalized spacial score (nSPS) is 13.9. The second kappa shape index (κ2) is 6.11. The second-order valence-corrected chi connectivity index (χ2v) is 6.59. The Morgan fingerprint density at radius 2 is 2.22 bits per heavy atom. The van der Waals surface area contributed by atoms with Crippen LogP contribution in [-0.2, 0) is 6.42 Å².